The van der Waals surface area contributed by atoms with E-state index < -0.39 is 0 Å². The quantitative estimate of drug-likeness (QED) is 0.515. The van der Waals surface area contributed by atoms with E-state index in [9.17, 15) is 0 Å². The number of fused-ring (bicyclic) bond motifs is 2. The van der Waals surface area contributed by atoms with Crippen LogP contribution in [0.1, 0.15) is 66.6 Å². The van der Waals surface area contributed by atoms with Gasteiger partial charge >= 0.3 is 0 Å². The van der Waals surface area contributed by atoms with E-state index in [0.29, 0.717) is 0 Å². The van der Waals surface area contributed by atoms with Crippen LogP contribution in [-0.4, -0.2) is 39.4 Å². The molecule has 2 heterocycles. The Morgan fingerprint density at radius 1 is 0.613 bits per heavy atom. The highest BCUT2D eigenvalue weighted by molar-refractivity contribution is 5.31. The summed E-state index contributed by atoms with van der Waals surface area (Å²) >= 11 is 0. The summed E-state index contributed by atoms with van der Waals surface area (Å²) in [7, 11) is 0. The van der Waals surface area contributed by atoms with Crippen molar-refractivity contribution >= 4 is 0 Å². The molecule has 0 amide bonds. The number of quaternary nitrogens is 2. The molecule has 4 nitrogen and oxygen atoms in total. The van der Waals surface area contributed by atoms with Crippen molar-refractivity contribution in [3.05, 3.63) is 70.8 Å². The molecule has 2 aromatic rings. The summed E-state index contributed by atoms with van der Waals surface area (Å²) in [5.74, 6) is 0. The van der Waals surface area contributed by atoms with Gasteiger partial charge in [0.2, 0.25) is 0 Å². The van der Waals surface area contributed by atoms with Crippen molar-refractivity contribution in [2.45, 2.75) is 57.2 Å². The van der Waals surface area contributed by atoms with E-state index in [4.69, 9.17) is 9.47 Å². The van der Waals surface area contributed by atoms with Gasteiger partial charge in [0.05, 0.1) is 26.3 Å². The molecule has 0 saturated carbocycles. The van der Waals surface area contributed by atoms with Crippen LogP contribution in [0.5, 0.6) is 0 Å². The Labute approximate surface area is 187 Å². The lowest BCUT2D eigenvalue weighted by atomic mass is 9.97. The Balaban J connectivity index is 0.999. The summed E-state index contributed by atoms with van der Waals surface area (Å²) in [6, 6.07) is 17.5. The van der Waals surface area contributed by atoms with E-state index >= 15 is 0 Å². The third kappa shape index (κ3) is 6.63. The van der Waals surface area contributed by atoms with Crippen LogP contribution in [-0.2, 0) is 22.3 Å². The molecule has 0 bridgehead atoms. The minimum absolute atomic E-state index is 0.278. The van der Waals surface area contributed by atoms with Gasteiger partial charge in [-0.15, -0.1) is 0 Å². The molecule has 31 heavy (non-hydrogen) atoms. The standard InChI is InChI=1S/C27H38N2O2/c1(2-8-16-28-20-26-24-12-6-4-10-22(24)14-18-30-26)3-9-17-29-21-27-25-13-7-5-11-23(25)15-19-31-27/h4-7,10-13,26-29H,1-3,8-9,14-21H2/p+2/t26-,27-/m0/s1. The van der Waals surface area contributed by atoms with Gasteiger partial charge in [0.15, 0.2) is 0 Å². The van der Waals surface area contributed by atoms with Gasteiger partial charge in [-0.25, -0.2) is 0 Å². The second-order valence-corrected chi connectivity index (χ2v) is 9.01. The van der Waals surface area contributed by atoms with E-state index in [1.54, 1.807) is 0 Å². The van der Waals surface area contributed by atoms with E-state index in [0.717, 1.165) is 39.1 Å². The summed E-state index contributed by atoms with van der Waals surface area (Å²) < 4.78 is 12.0. The molecule has 4 heteroatoms. The first-order chi connectivity index (χ1) is 15.4. The van der Waals surface area contributed by atoms with Crippen LogP contribution in [0.15, 0.2) is 48.5 Å². The summed E-state index contributed by atoms with van der Waals surface area (Å²) in [5, 5.41) is 4.89. The Hall–Kier alpha value is -1.72. The largest absolute Gasteiger partial charge is 0.367 e. The van der Waals surface area contributed by atoms with Crippen LogP contribution in [0, 0.1) is 0 Å². The molecule has 2 atom stereocenters. The summed E-state index contributed by atoms with van der Waals surface area (Å²) in [4.78, 5) is 0. The average molecular weight is 425 g/mol. The number of rotatable bonds is 12. The van der Waals surface area contributed by atoms with E-state index in [2.05, 4.69) is 59.2 Å². The molecule has 0 fully saturated rings. The Morgan fingerprint density at radius 2 is 1.06 bits per heavy atom. The average Bonchev–Trinajstić information content (AvgIpc) is 2.82. The van der Waals surface area contributed by atoms with Crippen molar-refractivity contribution in [1.29, 1.82) is 0 Å². The van der Waals surface area contributed by atoms with Crippen LogP contribution < -0.4 is 10.6 Å². The zero-order chi connectivity index (χ0) is 21.1. The van der Waals surface area contributed by atoms with Crippen molar-refractivity contribution < 1.29 is 20.1 Å². The van der Waals surface area contributed by atoms with Gasteiger partial charge in [0, 0.05) is 0 Å². The molecule has 0 aliphatic carbocycles. The number of unbranched alkanes of at least 4 members (excludes halogenated alkanes) is 4. The number of hydrogen-bond donors (Lipinski definition) is 2. The fourth-order valence-corrected chi connectivity index (χ4v) is 4.99. The van der Waals surface area contributed by atoms with Gasteiger partial charge in [0.25, 0.3) is 0 Å². The van der Waals surface area contributed by atoms with E-state index in [1.165, 1.54) is 67.4 Å². The molecule has 0 aromatic heterocycles. The van der Waals surface area contributed by atoms with Gasteiger partial charge < -0.3 is 20.1 Å². The molecule has 2 aliphatic heterocycles. The minimum Gasteiger partial charge on any atom is -0.367 e. The van der Waals surface area contributed by atoms with Crippen molar-refractivity contribution in [3.63, 3.8) is 0 Å². The van der Waals surface area contributed by atoms with Crippen LogP contribution in [0.25, 0.3) is 0 Å². The fourth-order valence-electron chi connectivity index (χ4n) is 4.99. The first-order valence-electron chi connectivity index (χ1n) is 12.4. The second kappa shape index (κ2) is 12.4. The zero-order valence-corrected chi connectivity index (χ0v) is 18.9. The topological polar surface area (TPSA) is 51.7 Å². The predicted octanol–water partition coefficient (Wildman–Crippen LogP) is 2.69. The number of nitrogens with two attached hydrogens (primary N) is 2. The molecule has 2 aliphatic rings. The molecule has 0 unspecified atom stereocenters. The summed E-state index contributed by atoms with van der Waals surface area (Å²) in [5.41, 5.74) is 5.76. The minimum atomic E-state index is 0.278. The maximum Gasteiger partial charge on any atom is 0.131 e. The molecule has 4 N–H and O–H groups in total. The predicted molar refractivity (Wildman–Crippen MR) is 124 cm³/mol. The Bertz CT molecular complexity index is 729. The maximum atomic E-state index is 6.01. The van der Waals surface area contributed by atoms with Crippen molar-refractivity contribution in [2.75, 3.05) is 39.4 Å². The highest BCUT2D eigenvalue weighted by Crippen LogP contribution is 2.26. The lowest BCUT2D eigenvalue weighted by molar-refractivity contribution is -0.663. The van der Waals surface area contributed by atoms with E-state index in [1.807, 2.05) is 0 Å². The summed E-state index contributed by atoms with van der Waals surface area (Å²) in [6.45, 7) is 6.27. The number of hydrogen-bond acceptors (Lipinski definition) is 2. The molecule has 4 rings (SSSR count). The molecule has 0 radical (unpaired) electrons. The van der Waals surface area contributed by atoms with Crippen molar-refractivity contribution in [3.8, 4) is 0 Å². The molecule has 2 aromatic carbocycles. The molecular weight excluding hydrogens is 384 g/mol. The Morgan fingerprint density at radius 3 is 1.58 bits per heavy atom. The number of benzene rings is 2. The van der Waals surface area contributed by atoms with Gasteiger partial charge in [-0.1, -0.05) is 55.0 Å². The van der Waals surface area contributed by atoms with Crippen LogP contribution in [0.2, 0.25) is 0 Å². The fraction of sp³-hybridized carbons (Fsp3) is 0.556. The first kappa shape index (κ1) is 22.5. The van der Waals surface area contributed by atoms with Crippen molar-refractivity contribution in [1.82, 2.24) is 0 Å². The highest BCUT2D eigenvalue weighted by atomic mass is 16.5. The normalized spacial score (nSPS) is 20.3. The lowest BCUT2D eigenvalue weighted by Gasteiger charge is -2.24. The molecule has 168 valence electrons. The van der Waals surface area contributed by atoms with Crippen LogP contribution in [0.3, 0.4) is 0 Å². The van der Waals surface area contributed by atoms with Crippen LogP contribution in [0.4, 0.5) is 0 Å². The van der Waals surface area contributed by atoms with Gasteiger partial charge in [-0.3, -0.25) is 0 Å². The van der Waals surface area contributed by atoms with Crippen molar-refractivity contribution in [2.24, 2.45) is 0 Å². The maximum absolute atomic E-state index is 6.01. The lowest BCUT2D eigenvalue weighted by Crippen LogP contribution is -2.85. The van der Waals surface area contributed by atoms with Gasteiger partial charge in [-0.05, 0) is 60.8 Å². The highest BCUT2D eigenvalue weighted by Gasteiger charge is 2.22. The van der Waals surface area contributed by atoms with Gasteiger partial charge in [0.1, 0.15) is 25.3 Å². The van der Waals surface area contributed by atoms with E-state index in [-0.39, 0.29) is 12.2 Å². The molecule has 0 saturated heterocycles. The van der Waals surface area contributed by atoms with Gasteiger partial charge in [-0.2, -0.15) is 0 Å². The molecular formula is C27H40N2O2+2. The second-order valence-electron chi connectivity index (χ2n) is 9.01. The SMILES string of the molecule is c1ccc2c(c1)CCO[C@H]2C[NH2+]CCCCCCC[NH2+]C[C@@H]1OCCc2ccccc21. The molecule has 0 spiro atoms. The third-order valence-electron chi connectivity index (χ3n) is 6.76. The third-order valence-corrected chi connectivity index (χ3v) is 6.76. The van der Waals surface area contributed by atoms with Crippen LogP contribution >= 0.6 is 0 Å². The zero-order valence-electron chi connectivity index (χ0n) is 18.9. The monoisotopic (exact) mass is 424 g/mol. The summed E-state index contributed by atoms with van der Waals surface area (Å²) in [6.07, 6.45) is 9.34. The number of ether oxygens (including phenoxy) is 2. The first-order valence-corrected chi connectivity index (χ1v) is 12.4. The Kier molecular flexibility index (Phi) is 8.95. The smallest absolute Gasteiger partial charge is 0.131 e.